The first-order valence-electron chi connectivity index (χ1n) is 34.0. The maximum absolute atomic E-state index is 15.3. The number of nitrogens with one attached hydrogen (secondary N) is 3. The van der Waals surface area contributed by atoms with Crippen LogP contribution >= 0.6 is 11.6 Å². The lowest BCUT2D eigenvalue weighted by Gasteiger charge is -2.45. The van der Waals surface area contributed by atoms with Crippen LogP contribution in [0, 0.1) is 24.7 Å². The molecule has 28 heteroatoms. The van der Waals surface area contributed by atoms with Crippen LogP contribution in [-0.4, -0.2) is 251 Å². The Balaban J connectivity index is 1.44. The Morgan fingerprint density at radius 2 is 1.30 bits per heavy atom. The van der Waals surface area contributed by atoms with Crippen molar-refractivity contribution in [3.05, 3.63) is 69.7 Å². The van der Waals surface area contributed by atoms with Gasteiger partial charge in [0.1, 0.15) is 59.9 Å². The van der Waals surface area contributed by atoms with Gasteiger partial charge in [-0.05, 0) is 106 Å². The maximum Gasteiger partial charge on any atom is 0.417 e. The van der Waals surface area contributed by atoms with Crippen LogP contribution in [0.3, 0.4) is 0 Å². The number of carbonyl (C=O) groups excluding carboxylic acids is 12. The van der Waals surface area contributed by atoms with E-state index in [0.29, 0.717) is 31.2 Å². The second kappa shape index (κ2) is 33.3. The Labute approximate surface area is 579 Å². The van der Waals surface area contributed by atoms with Gasteiger partial charge in [-0.1, -0.05) is 108 Å². The fourth-order valence-corrected chi connectivity index (χ4v) is 14.0. The monoisotopic (exact) mass is 1390 g/mol. The summed E-state index contributed by atoms with van der Waals surface area (Å²) < 4.78 is 41.5. The number of nitrogens with zero attached hydrogens (tertiary/aromatic N) is 9. The van der Waals surface area contributed by atoms with Crippen LogP contribution in [0.5, 0.6) is 0 Å². The molecule has 1 spiro atoms. The predicted molar refractivity (Wildman–Crippen MR) is 361 cm³/mol. The van der Waals surface area contributed by atoms with E-state index in [1.54, 1.807) is 32.9 Å². The first-order chi connectivity index (χ1) is 45.8. The van der Waals surface area contributed by atoms with E-state index in [4.69, 9.17) is 11.6 Å². The standard InChI is InChI=1S/C70H102ClF3N12O12/c1-17-43(7)57-66(96)80(12)44(8)61(91)86-34-30-51(86)65(95)82(14)53(37-46-24-22-42(6)23-25-46)64(94)79(11)39-55(87)75-49(29-27-45-26-28-47(48(71)36-45)70(72,73)74)62(92)85-33-20-21-50(85)60(90)77-69(31-18-19-32-69)68(98)84(16)58(41(4)5)67(97)83(15)54(63(93)78(9)10)38-56(88)81(13)52(35-40(2)3)59(89)76-57/h22-26,28,36,40-41,43-44,49-54,57-58H,17-21,27,29-35,37-39H2,1-16H3,(H,75,87)(H,76,89)(H,77,90)/t43-,44-,49-,50-,51-,52-,53-,54-,57-,58-/m0/s1. The molecule has 0 unspecified atom stereocenters. The lowest BCUT2D eigenvalue weighted by molar-refractivity contribution is -0.160. The molecule has 0 aromatic heterocycles. The lowest BCUT2D eigenvalue weighted by atomic mass is 9.91. The fraction of sp³-hybridized carbons (Fsp3) is 0.657. The molecule has 542 valence electrons. The van der Waals surface area contributed by atoms with Gasteiger partial charge in [-0.25, -0.2) is 0 Å². The van der Waals surface area contributed by atoms with Crippen LogP contribution in [0.25, 0.3) is 0 Å². The quantitative estimate of drug-likeness (QED) is 0.277. The number of alkyl halides is 3. The highest BCUT2D eigenvalue weighted by molar-refractivity contribution is 6.31. The van der Waals surface area contributed by atoms with Gasteiger partial charge in [-0.15, -0.1) is 0 Å². The van der Waals surface area contributed by atoms with E-state index in [1.807, 2.05) is 39.8 Å². The van der Waals surface area contributed by atoms with Gasteiger partial charge in [0.25, 0.3) is 0 Å². The number of fused-ring (bicyclic) bond motifs is 2. The second-order valence-corrected chi connectivity index (χ2v) is 28.7. The molecule has 3 N–H and O–H groups in total. The third kappa shape index (κ3) is 18.3. The minimum Gasteiger partial charge on any atom is -0.347 e. The van der Waals surface area contributed by atoms with Gasteiger partial charge in [-0.3, -0.25) is 57.5 Å². The Morgan fingerprint density at radius 1 is 0.684 bits per heavy atom. The molecule has 0 radical (unpaired) electrons. The number of carbonyl (C=O) groups is 12. The third-order valence-electron chi connectivity index (χ3n) is 20.2. The topological polar surface area (TPSA) is 270 Å². The smallest absolute Gasteiger partial charge is 0.347 e. The molecule has 1 aliphatic carbocycles. The predicted octanol–water partition coefficient (Wildman–Crippen LogP) is 4.69. The first-order valence-corrected chi connectivity index (χ1v) is 34.4. The SMILES string of the molecule is CC[C@H](C)[C@@H]1NC(=O)[C@H](CC(C)C)N(C)C(=O)C[C@@H](C(=O)N(C)C)N(C)C(=O)[C@H](C(C)C)N(C)C(=O)C2(CCCC2)NC(=O)[C@@H]2CCCN2C(=O)[C@H](CCc2ccc(C(F)(F)F)c(Cl)c2)NC(=O)CN(C)C(=O)[C@H](Cc2ccc(C)cc2)N(C)C(=O)[C@@H]2CCN2C(=O)[C@H](C)N(C)C1=O. The summed E-state index contributed by atoms with van der Waals surface area (Å²) >= 11 is 6.14. The second-order valence-electron chi connectivity index (χ2n) is 28.3. The summed E-state index contributed by atoms with van der Waals surface area (Å²) in [5, 5.41) is 8.03. The molecule has 0 bridgehead atoms. The normalized spacial score (nSPS) is 26.0. The summed E-state index contributed by atoms with van der Waals surface area (Å²) in [7, 11) is 11.2. The van der Waals surface area contributed by atoms with Crippen molar-refractivity contribution in [2.45, 2.75) is 205 Å². The van der Waals surface area contributed by atoms with Crippen LogP contribution in [0.1, 0.15) is 141 Å². The van der Waals surface area contributed by atoms with Gasteiger partial charge < -0.3 is 60.0 Å². The highest BCUT2D eigenvalue weighted by atomic mass is 35.5. The van der Waals surface area contributed by atoms with Gasteiger partial charge in [0.15, 0.2) is 0 Å². The first kappa shape index (κ1) is 79.1. The van der Waals surface area contributed by atoms with Crippen LogP contribution in [0.15, 0.2) is 42.5 Å². The van der Waals surface area contributed by atoms with Crippen LogP contribution in [0.4, 0.5) is 13.2 Å². The largest absolute Gasteiger partial charge is 0.417 e. The molecule has 6 rings (SSSR count). The summed E-state index contributed by atoms with van der Waals surface area (Å²) in [5.41, 5.74) is -0.840. The number of hydrogen-bond donors (Lipinski definition) is 3. The minimum absolute atomic E-state index is 0.0130. The molecular formula is C70H102ClF3N12O12. The average molecular weight is 1400 g/mol. The molecule has 3 heterocycles. The molecule has 4 aliphatic rings. The molecule has 12 amide bonds. The van der Waals surface area contributed by atoms with Crippen molar-refractivity contribution in [1.29, 1.82) is 0 Å². The number of rotatable bonds is 11. The molecule has 2 aromatic rings. The molecule has 98 heavy (non-hydrogen) atoms. The molecule has 2 aromatic carbocycles. The molecule has 3 saturated heterocycles. The van der Waals surface area contributed by atoms with Crippen molar-refractivity contribution in [1.82, 2.24) is 60.0 Å². The minimum atomic E-state index is -4.77. The van der Waals surface area contributed by atoms with Gasteiger partial charge >= 0.3 is 6.18 Å². The zero-order valence-electron chi connectivity index (χ0n) is 59.7. The fourth-order valence-electron chi connectivity index (χ4n) is 13.7. The van der Waals surface area contributed by atoms with Crippen molar-refractivity contribution < 1.29 is 70.7 Å². The van der Waals surface area contributed by atoms with Crippen molar-refractivity contribution in [3.63, 3.8) is 0 Å². The van der Waals surface area contributed by atoms with E-state index in [0.717, 1.165) is 27.5 Å². The highest BCUT2D eigenvalue weighted by Gasteiger charge is 2.51. The van der Waals surface area contributed by atoms with E-state index < -0.39 is 172 Å². The Morgan fingerprint density at radius 3 is 1.85 bits per heavy atom. The van der Waals surface area contributed by atoms with Crippen molar-refractivity contribution in [3.8, 4) is 0 Å². The Hall–Kier alpha value is -7.84. The van der Waals surface area contributed by atoms with Crippen LogP contribution < -0.4 is 16.0 Å². The average Bonchev–Trinajstić information content (AvgIpc) is 1.36. The molecule has 3 aliphatic heterocycles. The summed E-state index contributed by atoms with van der Waals surface area (Å²) in [6.07, 6.45) is -3.40. The van der Waals surface area contributed by atoms with E-state index in [-0.39, 0.29) is 75.9 Å². The van der Waals surface area contributed by atoms with Crippen molar-refractivity contribution >= 4 is 82.5 Å². The molecular weight excluding hydrogens is 1290 g/mol. The number of benzene rings is 2. The third-order valence-corrected chi connectivity index (χ3v) is 20.5. The van der Waals surface area contributed by atoms with E-state index in [1.165, 1.54) is 104 Å². The van der Waals surface area contributed by atoms with Crippen molar-refractivity contribution in [2.75, 3.05) is 76.0 Å². The number of likely N-dealkylation sites (N-methyl/N-ethyl adjacent to an activating group) is 7. The van der Waals surface area contributed by atoms with Gasteiger partial charge in [-0.2, -0.15) is 13.2 Å². The molecule has 10 atom stereocenters. The Kier molecular flexibility index (Phi) is 26.9. The summed E-state index contributed by atoms with van der Waals surface area (Å²) in [6, 6.07) is -1.07. The van der Waals surface area contributed by atoms with E-state index in [9.17, 15) is 56.3 Å². The summed E-state index contributed by atoms with van der Waals surface area (Å²) in [6.45, 7) is 13.5. The maximum atomic E-state index is 15.3. The van der Waals surface area contributed by atoms with Gasteiger partial charge in [0.2, 0.25) is 70.9 Å². The van der Waals surface area contributed by atoms with Gasteiger partial charge in [0, 0.05) is 75.9 Å². The van der Waals surface area contributed by atoms with E-state index >= 15 is 14.4 Å². The number of halogens is 4. The number of aryl methyl sites for hydroxylation is 2. The van der Waals surface area contributed by atoms with E-state index in [2.05, 4.69) is 16.0 Å². The van der Waals surface area contributed by atoms with Gasteiger partial charge in [0.05, 0.1) is 23.6 Å². The number of amides is 12. The zero-order valence-corrected chi connectivity index (χ0v) is 60.5. The summed E-state index contributed by atoms with van der Waals surface area (Å²) in [5.74, 6) is -9.58. The molecule has 4 fully saturated rings. The lowest BCUT2D eigenvalue weighted by Crippen LogP contribution is -2.65. The Bertz CT molecular complexity index is 3290. The van der Waals surface area contributed by atoms with Crippen LogP contribution in [-0.2, 0) is 76.6 Å². The molecule has 1 saturated carbocycles. The highest BCUT2D eigenvalue weighted by Crippen LogP contribution is 2.37. The molecule has 24 nitrogen and oxygen atoms in total. The number of hydrogen-bond acceptors (Lipinski definition) is 12. The van der Waals surface area contributed by atoms with Crippen LogP contribution in [0.2, 0.25) is 5.02 Å². The van der Waals surface area contributed by atoms with Crippen molar-refractivity contribution in [2.24, 2.45) is 17.8 Å². The summed E-state index contributed by atoms with van der Waals surface area (Å²) in [4.78, 5) is 189. The zero-order chi connectivity index (χ0) is 73.3.